The van der Waals surface area contributed by atoms with Crippen LogP contribution in [-0.4, -0.2) is 82.3 Å². The Bertz CT molecular complexity index is 3450. The molecular formula is C84H118BrF6I7O11V2-2. The molecule has 0 saturated heterocycles. The molecule has 11 nitrogen and oxygen atoms in total. The normalized spacial score (nSPS) is 11.8. The summed E-state index contributed by atoms with van der Waals surface area (Å²) in [6.45, 7) is 34.3. The number of aliphatic hydroxyl groups is 1. The van der Waals surface area contributed by atoms with Crippen molar-refractivity contribution in [3.05, 3.63) is 193 Å². The summed E-state index contributed by atoms with van der Waals surface area (Å²) in [6.07, 6.45) is 15.7. The van der Waals surface area contributed by atoms with Gasteiger partial charge < -0.3 is 72.9 Å². The van der Waals surface area contributed by atoms with Crippen LogP contribution in [0.2, 0.25) is 0 Å². The van der Waals surface area contributed by atoms with E-state index < -0.39 is 17.4 Å². The van der Waals surface area contributed by atoms with Crippen LogP contribution in [0.1, 0.15) is 207 Å². The minimum atomic E-state index is -0.723. The fourth-order valence-electron chi connectivity index (χ4n) is 8.95. The topological polar surface area (TPSA) is 139 Å². The van der Waals surface area contributed by atoms with E-state index >= 15 is 0 Å². The van der Waals surface area contributed by atoms with Crippen molar-refractivity contribution in [2.75, 3.05) is 53.2 Å². The smallest absolute Gasteiger partial charge is 0.330 e. The first kappa shape index (κ1) is 121. The predicted molar refractivity (Wildman–Crippen MR) is 505 cm³/mol. The molecule has 111 heavy (non-hydrogen) atoms. The van der Waals surface area contributed by atoms with Crippen molar-refractivity contribution < 1.29 is 116 Å². The first-order chi connectivity index (χ1) is 51.0. The summed E-state index contributed by atoms with van der Waals surface area (Å²) in [6, 6.07) is 23.9. The Morgan fingerprint density at radius 3 is 1.32 bits per heavy atom. The molecule has 0 atom stereocenters. The number of esters is 2. The van der Waals surface area contributed by atoms with Crippen molar-refractivity contribution in [2.45, 2.75) is 212 Å². The quantitative estimate of drug-likeness (QED) is 0.0200. The molecule has 0 spiro atoms. The monoisotopic (exact) mass is 2490 g/mol. The fourth-order valence-corrected chi connectivity index (χ4v) is 9.40. The number of hydrogen-bond donors (Lipinski definition) is 2. The first-order valence-electron chi connectivity index (χ1n) is 35.7. The number of fused-ring (bicyclic) bond motifs is 2. The summed E-state index contributed by atoms with van der Waals surface area (Å²) in [7, 11) is 7.51. The average molecular weight is 2490 g/mol. The van der Waals surface area contributed by atoms with Gasteiger partial charge in [0.05, 0.1) is 56.3 Å². The van der Waals surface area contributed by atoms with E-state index in [1.807, 2.05) is 26.8 Å². The summed E-state index contributed by atoms with van der Waals surface area (Å²) in [5.74, 6) is 0.0612. The van der Waals surface area contributed by atoms with Crippen LogP contribution in [0.3, 0.4) is 0 Å². The predicted octanol–water partition coefficient (Wildman–Crippen LogP) is 28.1. The maximum Gasteiger partial charge on any atom is 0.330 e. The molecule has 27 heteroatoms. The molecule has 0 heterocycles. The van der Waals surface area contributed by atoms with E-state index in [0.717, 1.165) is 67.4 Å². The molecule has 6 aromatic carbocycles. The SMILES string of the molecule is CC1(C)CCc2cc(O)cc(F)c21.CCC.CCC(I)(I)I.CCC(I)I.CCCI.CCOC(=O)/C=C/c1cc(F)cc(OC)c1.CCOC(=O)CCc1cc(F)cc(OC)c1.CC[CH-]I.COc1cc(F)c2c(c1)CCC2(C)C.COc1cc(F)cc(Br)c1.COc1cc(F)cc(CCC(C)(C)O)c1.[CH2-]CC.[V].[V]. The van der Waals surface area contributed by atoms with Crippen LogP contribution in [-0.2, 0) is 92.7 Å². The van der Waals surface area contributed by atoms with Gasteiger partial charge in [0.2, 0.25) is 0 Å². The second-order valence-corrected chi connectivity index (χ2v) is 45.5. The maximum absolute atomic E-state index is 13.8. The molecule has 2 aliphatic rings. The Balaban J connectivity index is -0.000000280. The zero-order chi connectivity index (χ0) is 84.7. The van der Waals surface area contributed by atoms with E-state index in [4.69, 9.17) is 33.2 Å². The fraction of sp³-hybridized carbons (Fsp3) is 0.500. The number of halogens is 14. The van der Waals surface area contributed by atoms with Gasteiger partial charge in [-0.2, -0.15) is 12.8 Å². The van der Waals surface area contributed by atoms with Crippen molar-refractivity contribution >= 4 is 192 Å². The summed E-state index contributed by atoms with van der Waals surface area (Å²) in [5, 5.41) is 18.8. The van der Waals surface area contributed by atoms with Crippen LogP contribution in [0.25, 0.3) is 6.08 Å². The van der Waals surface area contributed by atoms with Crippen LogP contribution in [0, 0.1) is 46.3 Å². The van der Waals surface area contributed by atoms with Gasteiger partial charge in [-0.1, -0.05) is 234 Å². The number of carbonyl (C=O) groups is 2. The third-order valence-electron chi connectivity index (χ3n) is 14.2. The van der Waals surface area contributed by atoms with Crippen molar-refractivity contribution in [2.24, 2.45) is 0 Å². The molecule has 0 saturated carbocycles. The number of carbonyl (C=O) groups excluding carboxylic acids is 2. The Kier molecular flexibility index (Phi) is 76.1. The number of methoxy groups -OCH3 is 5. The van der Waals surface area contributed by atoms with Gasteiger partial charge >= 0.3 is 11.9 Å². The molecular weight excluding hydrogens is 2370 g/mol. The zero-order valence-corrected chi connectivity index (χ0v) is 87.5. The molecule has 0 unspecified atom stereocenters. The van der Waals surface area contributed by atoms with Crippen LogP contribution < -0.4 is 23.7 Å². The second kappa shape index (κ2) is 69.8. The standard InChI is InChI=1S/C12H15FO3.C12H13FO3.C12H17FO2.C12H15FO.C11H13FO.C7H6BrFO.C3H5I3.C3H6I2.C3H7I.C3H6I.C3H8.C3H7.2V/c2*1-3-16-12(14)5-4-9-6-10(13)8-11(7-9)15-2;1-12(2,14)5-4-9-6-10(13)8-11(7-9)15-3;1-12(2)5-4-8-6-9(14-3)7-10(13)11(8)12;1-11(2)4-3-7-5-8(13)6-9(12)10(7)11;1-10-7-3-5(8)2-6(9)4-7;1-2-3(4,5)6;1-2-3(4)5;2*1-2-3-4;2*1-3-2;;/h6-8H,3-5H2,1-2H3;4-8H,3H2,1-2H3;6-8,14H,4-5H2,1-3H3;6-7H,4-5H2,1-3H3;5-6,13H,3-4H2,1-2H3;2-4H,1H3;2H2,1H3;3H,2H2,1H3;2-3H2,1H3;3H,2H2,1H3;3H2,1-2H3;1,3H2,2H3;;/q;;;;;;;;;-1;;-1;;/b;5-4+;;;;;;;;;;;;. The maximum atomic E-state index is 13.8. The molecule has 2 N–H and O–H groups in total. The van der Waals surface area contributed by atoms with Crippen LogP contribution >= 0.6 is 174 Å². The Morgan fingerprint density at radius 1 is 0.604 bits per heavy atom. The molecule has 0 fully saturated rings. The van der Waals surface area contributed by atoms with E-state index in [1.54, 1.807) is 65.1 Å². The van der Waals surface area contributed by atoms with Gasteiger partial charge in [0, 0.05) is 90.5 Å². The van der Waals surface area contributed by atoms with Gasteiger partial charge in [0.1, 0.15) is 68.8 Å². The van der Waals surface area contributed by atoms with E-state index in [9.17, 15) is 46.1 Å². The molecule has 2 aliphatic carbocycles. The number of rotatable bonds is 19. The number of phenolic OH excluding ortho intramolecular Hbond substituents is 1. The first-order valence-corrected chi connectivity index (χ1v) is 45.0. The number of aromatic hydroxyl groups is 1. The summed E-state index contributed by atoms with van der Waals surface area (Å²) < 4.78 is 118. The number of hydrogen-bond acceptors (Lipinski definition) is 11. The molecule has 630 valence electrons. The average Bonchev–Trinajstić information content (AvgIpc) is 1.65. The van der Waals surface area contributed by atoms with Crippen LogP contribution in [0.15, 0.2) is 108 Å². The minimum absolute atomic E-state index is 0. The third kappa shape index (κ3) is 62.0. The largest absolute Gasteiger partial charge is 0.508 e. The van der Waals surface area contributed by atoms with Crippen molar-refractivity contribution in [1.82, 2.24) is 0 Å². The van der Waals surface area contributed by atoms with E-state index in [0.29, 0.717) is 70.7 Å². The molecule has 8 rings (SSSR count). The number of benzene rings is 6. The minimum Gasteiger partial charge on any atom is -0.508 e. The number of phenols is 1. The number of ether oxygens (including phenoxy) is 7. The second-order valence-electron chi connectivity index (χ2n) is 25.5. The third-order valence-corrected chi connectivity index (χ3v) is 20.6. The van der Waals surface area contributed by atoms with E-state index in [1.165, 1.54) is 138 Å². The zero-order valence-electron chi connectivity index (χ0n) is 68.0. The van der Waals surface area contributed by atoms with Gasteiger partial charge in [0.25, 0.3) is 0 Å². The molecule has 6 aromatic rings. The van der Waals surface area contributed by atoms with Crippen molar-refractivity contribution in [3.63, 3.8) is 0 Å². The number of aryl methyl sites for hydroxylation is 4. The van der Waals surface area contributed by atoms with Gasteiger partial charge in [0.15, 0.2) is 0 Å². The molecule has 0 aliphatic heterocycles. The summed E-state index contributed by atoms with van der Waals surface area (Å²) in [4.78, 5) is 22.1. The summed E-state index contributed by atoms with van der Waals surface area (Å²) >= 11 is 19.7. The van der Waals surface area contributed by atoms with Gasteiger partial charge in [-0.25, -0.2) is 31.1 Å². The van der Waals surface area contributed by atoms with Gasteiger partial charge in [-0.15, -0.1) is 0 Å². The molecule has 0 bridgehead atoms. The Hall–Kier alpha value is -0.901. The number of alkyl halides is 6. The summed E-state index contributed by atoms with van der Waals surface area (Å²) in [5.41, 5.74) is 5.01. The Labute approximate surface area is 790 Å². The molecule has 2 radical (unpaired) electrons. The van der Waals surface area contributed by atoms with Gasteiger partial charge in [-0.3, -0.25) is 9.22 Å². The van der Waals surface area contributed by atoms with Crippen LogP contribution in [0.4, 0.5) is 26.3 Å². The van der Waals surface area contributed by atoms with Crippen LogP contribution in [0.5, 0.6) is 34.5 Å². The van der Waals surface area contributed by atoms with E-state index in [-0.39, 0.29) is 95.2 Å². The van der Waals surface area contributed by atoms with E-state index in [2.05, 4.69) is 241 Å². The van der Waals surface area contributed by atoms with Crippen molar-refractivity contribution in [1.29, 1.82) is 0 Å². The molecule has 0 aromatic heterocycles. The molecule has 0 amide bonds. The van der Waals surface area contributed by atoms with Gasteiger partial charge in [-0.05, 0) is 213 Å². The van der Waals surface area contributed by atoms with Crippen molar-refractivity contribution in [3.8, 4) is 34.5 Å². The Morgan fingerprint density at radius 2 is 0.964 bits per heavy atom.